The number of nitrogen functional groups attached to an aromatic ring is 1. The summed E-state index contributed by atoms with van der Waals surface area (Å²) in [5.74, 6) is -0.740. The number of para-hydroxylation sites is 1. The van der Waals surface area contributed by atoms with E-state index >= 15 is 0 Å². The Labute approximate surface area is 175 Å². The highest BCUT2D eigenvalue weighted by Gasteiger charge is 2.28. The number of hydrazine groups is 1. The number of thioether (sulfide) groups is 1. The van der Waals surface area contributed by atoms with Crippen LogP contribution in [0.1, 0.15) is 15.2 Å². The zero-order valence-electron chi connectivity index (χ0n) is 15.3. The smallest absolute Gasteiger partial charge is 0.212 e. The Hall–Kier alpha value is -2.49. The van der Waals surface area contributed by atoms with Gasteiger partial charge in [-0.2, -0.15) is 11.8 Å². The van der Waals surface area contributed by atoms with E-state index in [1.165, 1.54) is 6.07 Å². The SMILES string of the molecule is Nc1nc(N(c2ccccc2)N2CCSCC2)sc1C(=O)c1c(F)cccc1F. The van der Waals surface area contributed by atoms with Gasteiger partial charge in [-0.3, -0.25) is 4.79 Å². The molecule has 0 unspecified atom stereocenters. The molecule has 1 aliphatic rings. The zero-order valence-corrected chi connectivity index (χ0v) is 17.0. The normalized spacial score (nSPS) is 14.7. The van der Waals surface area contributed by atoms with Crippen molar-refractivity contribution >= 4 is 45.5 Å². The van der Waals surface area contributed by atoms with Crippen LogP contribution in [0.15, 0.2) is 48.5 Å². The quantitative estimate of drug-likeness (QED) is 0.606. The minimum atomic E-state index is -0.919. The molecular formula is C20H18F2N4OS2. The fourth-order valence-corrected chi connectivity index (χ4v) is 4.98. The highest BCUT2D eigenvalue weighted by molar-refractivity contribution is 7.99. The van der Waals surface area contributed by atoms with Crippen molar-refractivity contribution in [2.75, 3.05) is 35.3 Å². The number of carbonyl (C=O) groups excluding carboxylic acids is 1. The molecule has 29 heavy (non-hydrogen) atoms. The van der Waals surface area contributed by atoms with Crippen molar-refractivity contribution in [3.63, 3.8) is 0 Å². The molecule has 1 saturated heterocycles. The van der Waals surface area contributed by atoms with Crippen LogP contribution in [-0.4, -0.2) is 40.4 Å². The number of rotatable bonds is 5. The van der Waals surface area contributed by atoms with Crippen LogP contribution in [0.3, 0.4) is 0 Å². The summed E-state index contributed by atoms with van der Waals surface area (Å²) in [7, 11) is 0. The number of ketones is 1. The third kappa shape index (κ3) is 3.98. The molecule has 1 fully saturated rings. The highest BCUT2D eigenvalue weighted by Crippen LogP contribution is 2.36. The molecule has 2 aromatic carbocycles. The standard InChI is InChI=1S/C20H18F2N4OS2/c21-14-7-4-8-15(22)16(14)17(27)18-19(23)24-20(29-18)26(13-5-2-1-3-6-13)25-9-11-28-12-10-25/h1-8H,9-12,23H2. The van der Waals surface area contributed by atoms with Crippen LogP contribution in [0.5, 0.6) is 0 Å². The molecule has 0 bridgehead atoms. The summed E-state index contributed by atoms with van der Waals surface area (Å²) < 4.78 is 28.2. The van der Waals surface area contributed by atoms with Crippen LogP contribution in [0.25, 0.3) is 0 Å². The lowest BCUT2D eigenvalue weighted by atomic mass is 10.1. The number of nitrogens with two attached hydrogens (primary N) is 1. The third-order valence-corrected chi connectivity index (χ3v) is 6.48. The molecule has 0 amide bonds. The molecule has 0 spiro atoms. The predicted octanol–water partition coefficient (Wildman–Crippen LogP) is 4.34. The minimum absolute atomic E-state index is 0.0244. The molecule has 4 rings (SSSR count). The van der Waals surface area contributed by atoms with E-state index in [0.29, 0.717) is 5.13 Å². The van der Waals surface area contributed by atoms with Crippen molar-refractivity contribution in [3.05, 3.63) is 70.6 Å². The molecule has 9 heteroatoms. The molecule has 1 aromatic heterocycles. The van der Waals surface area contributed by atoms with Crippen molar-refractivity contribution in [2.45, 2.75) is 0 Å². The second-order valence-electron chi connectivity index (χ2n) is 6.35. The molecule has 0 aliphatic carbocycles. The number of carbonyl (C=O) groups is 1. The van der Waals surface area contributed by atoms with Gasteiger partial charge in [0.25, 0.3) is 0 Å². The lowest BCUT2D eigenvalue weighted by molar-refractivity contribution is 0.103. The van der Waals surface area contributed by atoms with Gasteiger partial charge in [0.1, 0.15) is 22.3 Å². The summed E-state index contributed by atoms with van der Waals surface area (Å²) in [6.07, 6.45) is 0. The summed E-state index contributed by atoms with van der Waals surface area (Å²) in [6, 6.07) is 13.0. The van der Waals surface area contributed by atoms with Crippen molar-refractivity contribution in [1.82, 2.24) is 9.99 Å². The van der Waals surface area contributed by atoms with E-state index in [1.807, 2.05) is 47.1 Å². The van der Waals surface area contributed by atoms with E-state index in [0.717, 1.165) is 53.8 Å². The first kappa shape index (κ1) is 19.8. The number of halogens is 2. The average molecular weight is 433 g/mol. The molecule has 0 radical (unpaired) electrons. The first-order valence-corrected chi connectivity index (χ1v) is 11.0. The average Bonchev–Trinajstić information content (AvgIpc) is 3.10. The maximum atomic E-state index is 14.1. The van der Waals surface area contributed by atoms with Gasteiger partial charge in [0, 0.05) is 24.6 Å². The van der Waals surface area contributed by atoms with Gasteiger partial charge in [0.05, 0.1) is 11.3 Å². The Morgan fingerprint density at radius 2 is 1.69 bits per heavy atom. The third-order valence-electron chi connectivity index (χ3n) is 4.49. The Morgan fingerprint density at radius 1 is 1.03 bits per heavy atom. The van der Waals surface area contributed by atoms with Gasteiger partial charge < -0.3 is 5.73 Å². The van der Waals surface area contributed by atoms with Gasteiger partial charge in [-0.05, 0) is 24.3 Å². The van der Waals surface area contributed by atoms with E-state index in [4.69, 9.17) is 5.73 Å². The monoisotopic (exact) mass is 432 g/mol. The molecule has 0 saturated carbocycles. The molecular weight excluding hydrogens is 414 g/mol. The van der Waals surface area contributed by atoms with Crippen molar-refractivity contribution < 1.29 is 13.6 Å². The van der Waals surface area contributed by atoms with E-state index in [1.54, 1.807) is 0 Å². The van der Waals surface area contributed by atoms with Crippen molar-refractivity contribution in [3.8, 4) is 0 Å². The summed E-state index contributed by atoms with van der Waals surface area (Å²) in [5, 5.41) is 4.55. The van der Waals surface area contributed by atoms with Crippen LogP contribution in [0, 0.1) is 11.6 Å². The molecule has 1 aliphatic heterocycles. The number of hydrogen-bond donors (Lipinski definition) is 1. The Kier molecular flexibility index (Phi) is 5.79. The van der Waals surface area contributed by atoms with Crippen molar-refractivity contribution in [2.24, 2.45) is 0 Å². The van der Waals surface area contributed by atoms with E-state index in [2.05, 4.69) is 9.99 Å². The maximum Gasteiger partial charge on any atom is 0.212 e. The number of aromatic nitrogens is 1. The molecule has 5 nitrogen and oxygen atoms in total. The molecule has 150 valence electrons. The largest absolute Gasteiger partial charge is 0.382 e. The van der Waals surface area contributed by atoms with Crippen LogP contribution in [0.2, 0.25) is 0 Å². The van der Waals surface area contributed by atoms with Gasteiger partial charge >= 0.3 is 0 Å². The van der Waals surface area contributed by atoms with Crippen LogP contribution in [0.4, 0.5) is 25.4 Å². The number of benzene rings is 2. The zero-order chi connectivity index (χ0) is 20.4. The number of anilines is 3. The van der Waals surface area contributed by atoms with Gasteiger partial charge in [0.15, 0.2) is 0 Å². The topological polar surface area (TPSA) is 62.5 Å². The lowest BCUT2D eigenvalue weighted by Crippen LogP contribution is -2.44. The summed E-state index contributed by atoms with van der Waals surface area (Å²) in [4.78, 5) is 17.2. The van der Waals surface area contributed by atoms with E-state index < -0.39 is 23.0 Å². The molecule has 2 N–H and O–H groups in total. The highest BCUT2D eigenvalue weighted by atomic mass is 32.2. The van der Waals surface area contributed by atoms with Gasteiger partial charge in [-0.25, -0.2) is 23.8 Å². The van der Waals surface area contributed by atoms with E-state index in [9.17, 15) is 13.6 Å². The Balaban J connectivity index is 1.75. The Bertz CT molecular complexity index is 1000. The first-order chi connectivity index (χ1) is 14.1. The fraction of sp³-hybridized carbons (Fsp3) is 0.200. The summed E-state index contributed by atoms with van der Waals surface area (Å²) in [5.41, 5.74) is 6.27. The maximum absolute atomic E-state index is 14.1. The minimum Gasteiger partial charge on any atom is -0.382 e. The fourth-order valence-electron chi connectivity index (χ4n) is 3.12. The summed E-state index contributed by atoms with van der Waals surface area (Å²) in [6.45, 7) is 1.62. The number of nitrogens with zero attached hydrogens (tertiary/aromatic N) is 3. The van der Waals surface area contributed by atoms with Gasteiger partial charge in [-0.15, -0.1) is 0 Å². The second kappa shape index (κ2) is 8.48. The Morgan fingerprint density at radius 3 is 2.34 bits per heavy atom. The van der Waals surface area contributed by atoms with Crippen molar-refractivity contribution in [1.29, 1.82) is 0 Å². The number of hydrogen-bond acceptors (Lipinski definition) is 7. The lowest BCUT2D eigenvalue weighted by Gasteiger charge is -2.36. The first-order valence-electron chi connectivity index (χ1n) is 8.99. The molecule has 2 heterocycles. The van der Waals surface area contributed by atoms with Gasteiger partial charge in [-0.1, -0.05) is 35.6 Å². The molecule has 0 atom stereocenters. The predicted molar refractivity (Wildman–Crippen MR) is 114 cm³/mol. The van der Waals surface area contributed by atoms with Crippen LogP contribution >= 0.6 is 23.1 Å². The second-order valence-corrected chi connectivity index (χ2v) is 8.55. The van der Waals surface area contributed by atoms with E-state index in [-0.39, 0.29) is 10.7 Å². The molecule has 3 aromatic rings. The van der Waals surface area contributed by atoms with Crippen LogP contribution in [-0.2, 0) is 0 Å². The number of thiazole rings is 1. The van der Waals surface area contributed by atoms with Gasteiger partial charge in [0.2, 0.25) is 10.9 Å². The van der Waals surface area contributed by atoms with Crippen LogP contribution < -0.4 is 10.7 Å². The summed E-state index contributed by atoms with van der Waals surface area (Å²) >= 11 is 2.91.